The summed E-state index contributed by atoms with van der Waals surface area (Å²) in [5, 5.41) is 0.627. The summed E-state index contributed by atoms with van der Waals surface area (Å²) in [6.45, 7) is 0. The summed E-state index contributed by atoms with van der Waals surface area (Å²) in [6, 6.07) is 13.3. The van der Waals surface area contributed by atoms with Gasteiger partial charge < -0.3 is 10.7 Å². The van der Waals surface area contributed by atoms with E-state index in [9.17, 15) is 0 Å². The molecule has 3 N–H and O–H groups in total. The molecule has 0 radical (unpaired) electrons. The van der Waals surface area contributed by atoms with Crippen LogP contribution in [0.15, 0.2) is 42.5 Å². The largest absolute Gasteiger partial charge is 0.398 e. The van der Waals surface area contributed by atoms with Crippen molar-refractivity contribution in [3.05, 3.63) is 47.5 Å². The van der Waals surface area contributed by atoms with Crippen LogP contribution in [-0.2, 0) is 0 Å². The van der Waals surface area contributed by atoms with E-state index in [1.54, 1.807) is 12.1 Å². The predicted molar refractivity (Wildman–Crippen MR) is 71.0 cm³/mol. The second-order valence-corrected chi connectivity index (χ2v) is 4.27. The molecule has 0 aliphatic carbocycles. The van der Waals surface area contributed by atoms with Crippen LogP contribution in [0.1, 0.15) is 0 Å². The van der Waals surface area contributed by atoms with Gasteiger partial charge in [0.15, 0.2) is 0 Å². The van der Waals surface area contributed by atoms with E-state index in [4.69, 9.17) is 17.3 Å². The highest BCUT2D eigenvalue weighted by Gasteiger charge is 2.08. The molecule has 84 valence electrons. The lowest BCUT2D eigenvalue weighted by Gasteiger charge is -2.02. The maximum Gasteiger partial charge on any atom is 0.140 e. The molecule has 1 aromatic heterocycles. The maximum absolute atomic E-state index is 5.93. The van der Waals surface area contributed by atoms with E-state index in [1.807, 2.05) is 30.3 Å². The molecule has 3 nitrogen and oxygen atoms in total. The molecule has 3 aromatic rings. The van der Waals surface area contributed by atoms with Crippen LogP contribution in [0, 0.1) is 0 Å². The van der Waals surface area contributed by atoms with Gasteiger partial charge in [-0.1, -0.05) is 23.7 Å². The summed E-state index contributed by atoms with van der Waals surface area (Å²) in [4.78, 5) is 7.73. The van der Waals surface area contributed by atoms with Crippen LogP contribution in [0.5, 0.6) is 0 Å². The maximum atomic E-state index is 5.93. The SMILES string of the molecule is Nc1cc(Cl)ccc1-c1nc2ccccc2[nH]1. The molecule has 3 rings (SSSR count). The monoisotopic (exact) mass is 243 g/mol. The van der Waals surface area contributed by atoms with E-state index in [1.165, 1.54) is 0 Å². The molecule has 0 saturated carbocycles. The van der Waals surface area contributed by atoms with Gasteiger partial charge in [-0.05, 0) is 30.3 Å². The van der Waals surface area contributed by atoms with Crippen molar-refractivity contribution in [2.45, 2.75) is 0 Å². The van der Waals surface area contributed by atoms with Crippen molar-refractivity contribution >= 4 is 28.3 Å². The minimum atomic E-state index is 0.622. The molecule has 0 amide bonds. The number of nitrogens with one attached hydrogen (secondary N) is 1. The van der Waals surface area contributed by atoms with E-state index in [-0.39, 0.29) is 0 Å². The van der Waals surface area contributed by atoms with Crippen LogP contribution >= 0.6 is 11.6 Å². The lowest BCUT2D eigenvalue weighted by Crippen LogP contribution is -1.90. The summed E-state index contributed by atoms with van der Waals surface area (Å²) in [5.41, 5.74) is 9.34. The number of aromatic nitrogens is 2. The van der Waals surface area contributed by atoms with Gasteiger partial charge in [-0.25, -0.2) is 4.98 Å². The number of nitrogens with two attached hydrogens (primary N) is 1. The summed E-state index contributed by atoms with van der Waals surface area (Å²) < 4.78 is 0. The smallest absolute Gasteiger partial charge is 0.140 e. The minimum Gasteiger partial charge on any atom is -0.398 e. The second-order valence-electron chi connectivity index (χ2n) is 3.83. The molecule has 0 atom stereocenters. The van der Waals surface area contributed by atoms with Crippen molar-refractivity contribution < 1.29 is 0 Å². The fourth-order valence-electron chi connectivity index (χ4n) is 1.83. The minimum absolute atomic E-state index is 0.622. The molecule has 0 aliphatic rings. The van der Waals surface area contributed by atoms with Crippen LogP contribution < -0.4 is 5.73 Å². The fourth-order valence-corrected chi connectivity index (χ4v) is 2.01. The standard InChI is InChI=1S/C13H10ClN3/c14-8-5-6-9(10(15)7-8)13-16-11-3-1-2-4-12(11)17-13/h1-7H,15H2,(H,16,17). The molecule has 1 heterocycles. The van der Waals surface area contributed by atoms with E-state index in [0.717, 1.165) is 22.4 Å². The Morgan fingerprint density at radius 1 is 1.12 bits per heavy atom. The number of imidazole rings is 1. The molecule has 0 unspecified atom stereocenters. The van der Waals surface area contributed by atoms with Crippen LogP contribution in [-0.4, -0.2) is 9.97 Å². The van der Waals surface area contributed by atoms with Crippen LogP contribution in [0.4, 0.5) is 5.69 Å². The van der Waals surface area contributed by atoms with Gasteiger partial charge in [0.05, 0.1) is 11.0 Å². The lowest BCUT2D eigenvalue weighted by molar-refractivity contribution is 1.34. The Hall–Kier alpha value is -2.00. The Labute approximate surface area is 103 Å². The highest BCUT2D eigenvalue weighted by atomic mass is 35.5. The van der Waals surface area contributed by atoms with Gasteiger partial charge in [-0.15, -0.1) is 0 Å². The first-order valence-corrected chi connectivity index (χ1v) is 5.62. The number of H-pyrrole nitrogens is 1. The number of fused-ring (bicyclic) bond motifs is 1. The Kier molecular flexibility index (Phi) is 2.27. The van der Waals surface area contributed by atoms with Gasteiger partial charge in [0.25, 0.3) is 0 Å². The first kappa shape index (κ1) is 10.2. The van der Waals surface area contributed by atoms with Crippen LogP contribution in [0.3, 0.4) is 0 Å². The zero-order valence-corrected chi connectivity index (χ0v) is 9.70. The van der Waals surface area contributed by atoms with Crippen molar-refractivity contribution in [3.8, 4) is 11.4 Å². The third-order valence-corrected chi connectivity index (χ3v) is 2.89. The third-order valence-electron chi connectivity index (χ3n) is 2.66. The first-order valence-electron chi connectivity index (χ1n) is 5.24. The van der Waals surface area contributed by atoms with E-state index >= 15 is 0 Å². The van der Waals surface area contributed by atoms with Gasteiger partial charge in [0, 0.05) is 16.3 Å². The molecule has 0 aliphatic heterocycles. The number of hydrogen-bond donors (Lipinski definition) is 2. The molecular formula is C13H10ClN3. The number of rotatable bonds is 1. The number of nitrogen functional groups attached to an aromatic ring is 1. The number of aromatic amines is 1. The highest BCUT2D eigenvalue weighted by Crippen LogP contribution is 2.27. The zero-order valence-electron chi connectivity index (χ0n) is 8.94. The molecule has 4 heteroatoms. The van der Waals surface area contributed by atoms with E-state index in [0.29, 0.717) is 10.7 Å². The average molecular weight is 244 g/mol. The lowest BCUT2D eigenvalue weighted by atomic mass is 10.2. The van der Waals surface area contributed by atoms with Crippen LogP contribution in [0.2, 0.25) is 5.02 Å². The number of hydrogen-bond acceptors (Lipinski definition) is 2. The first-order chi connectivity index (χ1) is 8.24. The van der Waals surface area contributed by atoms with Gasteiger partial charge in [-0.2, -0.15) is 0 Å². The van der Waals surface area contributed by atoms with E-state index in [2.05, 4.69) is 9.97 Å². The quantitative estimate of drug-likeness (QED) is 0.643. The number of para-hydroxylation sites is 2. The molecule has 2 aromatic carbocycles. The topological polar surface area (TPSA) is 54.7 Å². The number of nitrogens with zero attached hydrogens (tertiary/aromatic N) is 1. The molecule has 0 saturated heterocycles. The van der Waals surface area contributed by atoms with Crippen molar-refractivity contribution in [2.75, 3.05) is 5.73 Å². The second kappa shape index (κ2) is 3.79. The Bertz CT molecular complexity index is 655. The number of benzene rings is 2. The summed E-state index contributed by atoms with van der Waals surface area (Å²) >= 11 is 5.87. The predicted octanol–water partition coefficient (Wildman–Crippen LogP) is 3.47. The van der Waals surface area contributed by atoms with E-state index < -0.39 is 0 Å². The van der Waals surface area contributed by atoms with Crippen molar-refractivity contribution in [1.29, 1.82) is 0 Å². The van der Waals surface area contributed by atoms with Gasteiger partial charge in [0.1, 0.15) is 5.82 Å². The fraction of sp³-hybridized carbons (Fsp3) is 0. The third kappa shape index (κ3) is 1.74. The van der Waals surface area contributed by atoms with Crippen molar-refractivity contribution in [3.63, 3.8) is 0 Å². The summed E-state index contributed by atoms with van der Waals surface area (Å²) in [5.74, 6) is 0.764. The molecule has 17 heavy (non-hydrogen) atoms. The highest BCUT2D eigenvalue weighted by molar-refractivity contribution is 6.31. The Balaban J connectivity index is 2.20. The molecular weight excluding hydrogens is 234 g/mol. The number of halogens is 1. The average Bonchev–Trinajstić information content (AvgIpc) is 2.72. The van der Waals surface area contributed by atoms with Crippen LogP contribution in [0.25, 0.3) is 22.4 Å². The van der Waals surface area contributed by atoms with Crippen molar-refractivity contribution in [1.82, 2.24) is 9.97 Å². The molecule has 0 spiro atoms. The Morgan fingerprint density at radius 3 is 2.71 bits per heavy atom. The zero-order chi connectivity index (χ0) is 11.8. The molecule has 0 fully saturated rings. The Morgan fingerprint density at radius 2 is 1.94 bits per heavy atom. The normalized spacial score (nSPS) is 10.9. The van der Waals surface area contributed by atoms with Crippen molar-refractivity contribution in [2.24, 2.45) is 0 Å². The number of anilines is 1. The van der Waals surface area contributed by atoms with Gasteiger partial charge >= 0.3 is 0 Å². The van der Waals surface area contributed by atoms with Gasteiger partial charge in [-0.3, -0.25) is 0 Å². The summed E-state index contributed by atoms with van der Waals surface area (Å²) in [6.07, 6.45) is 0. The molecule has 0 bridgehead atoms. The van der Waals surface area contributed by atoms with Gasteiger partial charge in [0.2, 0.25) is 0 Å². The summed E-state index contributed by atoms with van der Waals surface area (Å²) in [7, 11) is 0.